The number of hydrogen-bond donors (Lipinski definition) is 1. The zero-order chi connectivity index (χ0) is 12.7. The highest BCUT2D eigenvalue weighted by atomic mass is 16.4. The van der Waals surface area contributed by atoms with Gasteiger partial charge in [0.2, 0.25) is 0 Å². The lowest BCUT2D eigenvalue weighted by Gasteiger charge is -2.08. The van der Waals surface area contributed by atoms with E-state index in [1.807, 2.05) is 25.1 Å². The zero-order valence-corrected chi connectivity index (χ0v) is 9.80. The molecule has 1 atom stereocenters. The summed E-state index contributed by atoms with van der Waals surface area (Å²) in [5.41, 5.74) is 0.710. The minimum atomic E-state index is -0.952. The Morgan fingerprint density at radius 2 is 1.94 bits per heavy atom. The van der Waals surface area contributed by atoms with Crippen LogP contribution in [0.3, 0.4) is 0 Å². The molecule has 0 aliphatic rings. The summed E-state index contributed by atoms with van der Waals surface area (Å²) in [4.78, 5) is 22.2. The Labute approximate surface area is 101 Å². The molecule has 0 amide bonds. The third-order valence-electron chi connectivity index (χ3n) is 2.53. The van der Waals surface area contributed by atoms with Crippen molar-refractivity contribution in [1.82, 2.24) is 0 Å². The number of rotatable bonds is 6. The zero-order valence-electron chi connectivity index (χ0n) is 9.80. The molecule has 17 heavy (non-hydrogen) atoms. The highest BCUT2D eigenvalue weighted by molar-refractivity contribution is 5.97. The lowest BCUT2D eigenvalue weighted by Crippen LogP contribution is -2.10. The molecule has 0 aliphatic carbocycles. The maximum atomic E-state index is 11.9. The number of hydrogen-bond acceptors (Lipinski definition) is 2. The van der Waals surface area contributed by atoms with Gasteiger partial charge in [0.05, 0.1) is 0 Å². The van der Waals surface area contributed by atoms with E-state index in [2.05, 4.69) is 0 Å². The number of Topliss-reactive ketones (excluding diaryl/α,β-unsaturated/α-hetero) is 1. The van der Waals surface area contributed by atoms with Gasteiger partial charge in [-0.2, -0.15) is 0 Å². The quantitative estimate of drug-likeness (QED) is 0.606. The van der Waals surface area contributed by atoms with Gasteiger partial charge in [-0.05, 0) is 12.8 Å². The van der Waals surface area contributed by atoms with Crippen LogP contribution in [-0.2, 0) is 4.79 Å². The van der Waals surface area contributed by atoms with Crippen molar-refractivity contribution in [2.24, 2.45) is 5.92 Å². The van der Waals surface area contributed by atoms with Crippen molar-refractivity contribution in [2.45, 2.75) is 19.8 Å². The Bertz CT molecular complexity index is 407. The van der Waals surface area contributed by atoms with Crippen LogP contribution in [0.1, 0.15) is 30.1 Å². The van der Waals surface area contributed by atoms with Crippen LogP contribution in [0.5, 0.6) is 0 Å². The first-order valence-corrected chi connectivity index (χ1v) is 5.60. The second-order valence-electron chi connectivity index (χ2n) is 3.95. The molecular weight excluding hydrogens is 216 g/mol. The molecule has 0 aromatic heterocycles. The van der Waals surface area contributed by atoms with E-state index >= 15 is 0 Å². The van der Waals surface area contributed by atoms with Crippen molar-refractivity contribution in [3.63, 3.8) is 0 Å². The lowest BCUT2D eigenvalue weighted by atomic mass is 9.95. The summed E-state index contributed by atoms with van der Waals surface area (Å²) in [5, 5.41) is 8.41. The molecule has 0 bridgehead atoms. The van der Waals surface area contributed by atoms with E-state index in [9.17, 15) is 9.59 Å². The first kappa shape index (κ1) is 13.2. The Kier molecular flexibility index (Phi) is 5.14. The molecule has 0 spiro atoms. The molecule has 1 rings (SSSR count). The van der Waals surface area contributed by atoms with Gasteiger partial charge in [0, 0.05) is 17.6 Å². The van der Waals surface area contributed by atoms with Gasteiger partial charge in [0.1, 0.15) is 0 Å². The molecular formula is C14H16O3. The Hall–Kier alpha value is -1.90. The van der Waals surface area contributed by atoms with Crippen molar-refractivity contribution in [3.8, 4) is 0 Å². The Morgan fingerprint density at radius 3 is 2.53 bits per heavy atom. The average Bonchev–Trinajstić information content (AvgIpc) is 2.34. The predicted molar refractivity (Wildman–Crippen MR) is 65.9 cm³/mol. The van der Waals surface area contributed by atoms with Gasteiger partial charge in [-0.25, -0.2) is 4.79 Å². The van der Waals surface area contributed by atoms with E-state index in [1.165, 1.54) is 0 Å². The monoisotopic (exact) mass is 232 g/mol. The molecule has 1 aromatic carbocycles. The number of carboxylic acids is 1. The van der Waals surface area contributed by atoms with Crippen molar-refractivity contribution < 1.29 is 14.7 Å². The van der Waals surface area contributed by atoms with Gasteiger partial charge in [-0.3, -0.25) is 4.79 Å². The molecule has 0 aliphatic heterocycles. The number of aliphatic carboxylic acids is 1. The summed E-state index contributed by atoms with van der Waals surface area (Å²) < 4.78 is 0. The van der Waals surface area contributed by atoms with Crippen molar-refractivity contribution >= 4 is 11.8 Å². The Morgan fingerprint density at radius 1 is 1.29 bits per heavy atom. The smallest absolute Gasteiger partial charge is 0.327 e. The van der Waals surface area contributed by atoms with Crippen molar-refractivity contribution in [3.05, 3.63) is 48.0 Å². The summed E-state index contributed by atoms with van der Waals surface area (Å²) in [6.07, 6.45) is 3.96. The van der Waals surface area contributed by atoms with Crippen LogP contribution in [-0.4, -0.2) is 16.9 Å². The molecule has 1 N–H and O–H groups in total. The molecule has 90 valence electrons. The van der Waals surface area contributed by atoms with Crippen LogP contribution in [0.4, 0.5) is 0 Å². The van der Waals surface area contributed by atoms with E-state index in [1.54, 1.807) is 18.2 Å². The predicted octanol–water partition coefficient (Wildman–Crippen LogP) is 2.93. The van der Waals surface area contributed by atoms with Crippen molar-refractivity contribution in [1.29, 1.82) is 0 Å². The fraction of sp³-hybridized carbons (Fsp3) is 0.286. The second-order valence-corrected chi connectivity index (χ2v) is 3.95. The van der Waals surface area contributed by atoms with E-state index < -0.39 is 5.97 Å². The third-order valence-corrected chi connectivity index (χ3v) is 2.53. The summed E-state index contributed by atoms with van der Waals surface area (Å²) in [6, 6.07) is 9.14. The summed E-state index contributed by atoms with van der Waals surface area (Å²) in [6.45, 7) is 1.87. The average molecular weight is 232 g/mol. The molecule has 0 fully saturated rings. The van der Waals surface area contributed by atoms with Gasteiger partial charge in [-0.1, -0.05) is 43.3 Å². The van der Waals surface area contributed by atoms with Crippen LogP contribution < -0.4 is 0 Å². The highest BCUT2D eigenvalue weighted by Gasteiger charge is 2.13. The number of carbonyl (C=O) groups is 2. The molecule has 3 heteroatoms. The van der Waals surface area contributed by atoms with Gasteiger partial charge in [-0.15, -0.1) is 0 Å². The molecule has 1 unspecified atom stereocenters. The van der Waals surface area contributed by atoms with Crippen molar-refractivity contribution in [2.75, 3.05) is 0 Å². The molecule has 0 radical (unpaired) electrons. The summed E-state index contributed by atoms with van der Waals surface area (Å²) in [5.74, 6) is -0.933. The van der Waals surface area contributed by atoms with Crippen LogP contribution in [0.15, 0.2) is 42.5 Å². The molecule has 1 aromatic rings. The molecule has 0 saturated heterocycles. The summed E-state index contributed by atoms with van der Waals surface area (Å²) in [7, 11) is 0. The standard InChI is InChI=1S/C14H16O3/c1-11(7-5-6-10-13(15)16)14(17)12-8-3-2-4-9-12/h2-4,6,8-11H,5,7H2,1H3,(H,15,16)/b10-6+. The van der Waals surface area contributed by atoms with E-state index in [0.717, 1.165) is 6.08 Å². The fourth-order valence-corrected chi connectivity index (χ4v) is 1.55. The fourth-order valence-electron chi connectivity index (χ4n) is 1.55. The number of carbonyl (C=O) groups excluding carboxylic acids is 1. The largest absolute Gasteiger partial charge is 0.478 e. The first-order chi connectivity index (χ1) is 8.11. The summed E-state index contributed by atoms with van der Waals surface area (Å²) >= 11 is 0. The SMILES string of the molecule is CC(CC/C=C/C(=O)O)C(=O)c1ccccc1. The minimum Gasteiger partial charge on any atom is -0.478 e. The van der Waals surface area contributed by atoms with Gasteiger partial charge in [0.25, 0.3) is 0 Å². The second kappa shape index (κ2) is 6.63. The maximum Gasteiger partial charge on any atom is 0.327 e. The number of benzene rings is 1. The normalized spacial score (nSPS) is 12.5. The minimum absolute atomic E-state index is 0.0872. The topological polar surface area (TPSA) is 54.4 Å². The number of carboxylic acid groups (broad SMARTS) is 1. The third kappa shape index (κ3) is 4.64. The van der Waals surface area contributed by atoms with E-state index in [-0.39, 0.29) is 11.7 Å². The van der Waals surface area contributed by atoms with E-state index in [0.29, 0.717) is 18.4 Å². The van der Waals surface area contributed by atoms with E-state index in [4.69, 9.17) is 5.11 Å². The molecule has 0 heterocycles. The molecule has 3 nitrogen and oxygen atoms in total. The molecule has 0 saturated carbocycles. The van der Waals surface area contributed by atoms with Crippen LogP contribution >= 0.6 is 0 Å². The van der Waals surface area contributed by atoms with Crippen LogP contribution in [0.25, 0.3) is 0 Å². The van der Waals surface area contributed by atoms with Gasteiger partial charge in [0.15, 0.2) is 5.78 Å². The number of ketones is 1. The lowest BCUT2D eigenvalue weighted by molar-refractivity contribution is -0.131. The highest BCUT2D eigenvalue weighted by Crippen LogP contribution is 2.13. The van der Waals surface area contributed by atoms with Gasteiger partial charge >= 0.3 is 5.97 Å². The van der Waals surface area contributed by atoms with Crippen LogP contribution in [0, 0.1) is 5.92 Å². The Balaban J connectivity index is 2.46. The van der Waals surface area contributed by atoms with Gasteiger partial charge < -0.3 is 5.11 Å². The maximum absolute atomic E-state index is 11.9. The first-order valence-electron chi connectivity index (χ1n) is 5.60. The van der Waals surface area contributed by atoms with Crippen LogP contribution in [0.2, 0.25) is 0 Å². The number of allylic oxidation sites excluding steroid dienone is 1.